The summed E-state index contributed by atoms with van der Waals surface area (Å²) in [6.07, 6.45) is 4.99. The topological polar surface area (TPSA) is 38.0 Å². The van der Waals surface area contributed by atoms with Crippen LogP contribution in [0.1, 0.15) is 47.9 Å². The largest absolute Gasteiger partial charge is 0.328 e. The number of hydrogen-bond acceptors (Lipinski definition) is 2. The molecule has 0 radical (unpaired) electrons. The van der Waals surface area contributed by atoms with Crippen LogP contribution in [0.5, 0.6) is 0 Å². The van der Waals surface area contributed by atoms with Gasteiger partial charge in [-0.05, 0) is 81.2 Å². The molecule has 106 valence electrons. The van der Waals surface area contributed by atoms with E-state index in [4.69, 9.17) is 5.73 Å². The van der Waals surface area contributed by atoms with Crippen molar-refractivity contribution >= 4 is 0 Å². The minimum absolute atomic E-state index is 0.457. The first-order chi connectivity index (χ1) is 9.08. The van der Waals surface area contributed by atoms with E-state index in [1.54, 1.807) is 0 Å². The smallest absolute Gasteiger partial charge is 0.0208 e. The Morgan fingerprint density at radius 3 is 2.42 bits per heavy atom. The molecule has 1 aliphatic rings. The maximum atomic E-state index is 5.95. The molecular weight excluding hydrogens is 232 g/mol. The fourth-order valence-electron chi connectivity index (χ4n) is 3.01. The second kappa shape index (κ2) is 6.53. The van der Waals surface area contributed by atoms with Gasteiger partial charge in [-0.2, -0.15) is 0 Å². The van der Waals surface area contributed by atoms with Crippen LogP contribution in [-0.4, -0.2) is 12.6 Å². The predicted octanol–water partition coefficient (Wildman–Crippen LogP) is 3.22. The van der Waals surface area contributed by atoms with Gasteiger partial charge < -0.3 is 11.1 Å². The summed E-state index contributed by atoms with van der Waals surface area (Å²) in [7, 11) is 0. The molecule has 0 aliphatic heterocycles. The zero-order valence-corrected chi connectivity index (χ0v) is 12.6. The molecule has 2 nitrogen and oxygen atoms in total. The van der Waals surface area contributed by atoms with Crippen LogP contribution in [-0.2, 0) is 6.54 Å². The van der Waals surface area contributed by atoms with Crippen LogP contribution in [0.4, 0.5) is 0 Å². The Balaban J connectivity index is 1.81. The van der Waals surface area contributed by atoms with Crippen molar-refractivity contribution in [2.24, 2.45) is 11.7 Å². The summed E-state index contributed by atoms with van der Waals surface area (Å²) in [6.45, 7) is 8.77. The van der Waals surface area contributed by atoms with Crippen LogP contribution in [0.3, 0.4) is 0 Å². The molecule has 19 heavy (non-hydrogen) atoms. The van der Waals surface area contributed by atoms with E-state index < -0.39 is 0 Å². The summed E-state index contributed by atoms with van der Waals surface area (Å²) in [4.78, 5) is 0. The van der Waals surface area contributed by atoms with Gasteiger partial charge in [0.05, 0.1) is 0 Å². The SMILES string of the molecule is Cc1ccc(CNCC2CCC(N)CC2)c(C)c1C. The summed E-state index contributed by atoms with van der Waals surface area (Å²) >= 11 is 0. The summed E-state index contributed by atoms with van der Waals surface area (Å²) < 4.78 is 0. The van der Waals surface area contributed by atoms with Crippen LogP contribution in [0, 0.1) is 26.7 Å². The molecule has 0 bridgehead atoms. The number of aryl methyl sites for hydroxylation is 1. The second-order valence-corrected chi connectivity index (χ2v) is 6.20. The first-order valence-electron chi connectivity index (χ1n) is 7.60. The highest BCUT2D eigenvalue weighted by atomic mass is 14.9. The van der Waals surface area contributed by atoms with Gasteiger partial charge in [0, 0.05) is 12.6 Å². The number of nitrogens with one attached hydrogen (secondary N) is 1. The van der Waals surface area contributed by atoms with E-state index in [1.807, 2.05) is 0 Å². The van der Waals surface area contributed by atoms with Gasteiger partial charge in [0.25, 0.3) is 0 Å². The van der Waals surface area contributed by atoms with Crippen molar-refractivity contribution in [2.45, 2.75) is 59.0 Å². The Morgan fingerprint density at radius 1 is 1.05 bits per heavy atom. The molecule has 0 amide bonds. The average Bonchev–Trinajstić information content (AvgIpc) is 2.41. The average molecular weight is 260 g/mol. The summed E-state index contributed by atoms with van der Waals surface area (Å²) in [5, 5.41) is 3.63. The monoisotopic (exact) mass is 260 g/mol. The first-order valence-corrected chi connectivity index (χ1v) is 7.60. The Bertz CT molecular complexity index is 418. The first kappa shape index (κ1) is 14.5. The Hall–Kier alpha value is -0.860. The maximum absolute atomic E-state index is 5.95. The van der Waals surface area contributed by atoms with Gasteiger partial charge in [-0.1, -0.05) is 12.1 Å². The fraction of sp³-hybridized carbons (Fsp3) is 0.647. The van der Waals surface area contributed by atoms with Crippen molar-refractivity contribution in [1.82, 2.24) is 5.32 Å². The molecule has 1 saturated carbocycles. The van der Waals surface area contributed by atoms with Crippen molar-refractivity contribution in [3.05, 3.63) is 34.4 Å². The van der Waals surface area contributed by atoms with Crippen molar-refractivity contribution in [3.63, 3.8) is 0 Å². The van der Waals surface area contributed by atoms with Gasteiger partial charge in [0.15, 0.2) is 0 Å². The molecule has 1 aliphatic carbocycles. The van der Waals surface area contributed by atoms with Gasteiger partial charge in [-0.15, -0.1) is 0 Å². The molecule has 0 aromatic heterocycles. The van der Waals surface area contributed by atoms with Crippen LogP contribution >= 0.6 is 0 Å². The zero-order chi connectivity index (χ0) is 13.8. The quantitative estimate of drug-likeness (QED) is 0.872. The molecule has 0 saturated heterocycles. The van der Waals surface area contributed by atoms with Gasteiger partial charge in [0.1, 0.15) is 0 Å². The Morgan fingerprint density at radius 2 is 1.74 bits per heavy atom. The molecule has 0 heterocycles. The number of nitrogens with two attached hydrogens (primary N) is 1. The molecule has 3 N–H and O–H groups in total. The van der Waals surface area contributed by atoms with E-state index in [0.717, 1.165) is 19.0 Å². The maximum Gasteiger partial charge on any atom is 0.0208 e. The highest BCUT2D eigenvalue weighted by Crippen LogP contribution is 2.22. The lowest BCUT2D eigenvalue weighted by Crippen LogP contribution is -2.31. The van der Waals surface area contributed by atoms with Crippen LogP contribution in [0.15, 0.2) is 12.1 Å². The van der Waals surface area contributed by atoms with Gasteiger partial charge in [-0.25, -0.2) is 0 Å². The van der Waals surface area contributed by atoms with Gasteiger partial charge in [0.2, 0.25) is 0 Å². The Labute approximate surface area is 117 Å². The molecule has 1 aromatic carbocycles. The van der Waals surface area contributed by atoms with E-state index in [1.165, 1.54) is 47.9 Å². The van der Waals surface area contributed by atoms with Crippen molar-refractivity contribution < 1.29 is 0 Å². The van der Waals surface area contributed by atoms with Crippen LogP contribution < -0.4 is 11.1 Å². The summed E-state index contributed by atoms with van der Waals surface area (Å²) in [6, 6.07) is 4.96. The highest BCUT2D eigenvalue weighted by Gasteiger charge is 2.17. The third-order valence-electron chi connectivity index (χ3n) is 4.81. The third-order valence-corrected chi connectivity index (χ3v) is 4.81. The lowest BCUT2D eigenvalue weighted by atomic mass is 9.86. The normalized spacial score (nSPS) is 23.6. The molecule has 1 aromatic rings. The molecule has 2 heteroatoms. The van der Waals surface area contributed by atoms with E-state index in [0.29, 0.717) is 6.04 Å². The molecule has 0 spiro atoms. The van der Waals surface area contributed by atoms with Crippen LogP contribution in [0.2, 0.25) is 0 Å². The van der Waals surface area contributed by atoms with E-state index in [-0.39, 0.29) is 0 Å². The summed E-state index contributed by atoms with van der Waals surface area (Å²) in [5.41, 5.74) is 11.7. The number of hydrogen-bond donors (Lipinski definition) is 2. The van der Waals surface area contributed by atoms with E-state index >= 15 is 0 Å². The number of benzene rings is 1. The minimum Gasteiger partial charge on any atom is -0.328 e. The zero-order valence-electron chi connectivity index (χ0n) is 12.6. The molecule has 0 unspecified atom stereocenters. The number of rotatable bonds is 4. The lowest BCUT2D eigenvalue weighted by Gasteiger charge is -2.26. The Kier molecular flexibility index (Phi) is 5.00. The molecule has 2 rings (SSSR count). The van der Waals surface area contributed by atoms with E-state index in [9.17, 15) is 0 Å². The van der Waals surface area contributed by atoms with Crippen molar-refractivity contribution in [3.8, 4) is 0 Å². The molecule has 1 fully saturated rings. The van der Waals surface area contributed by atoms with Crippen LogP contribution in [0.25, 0.3) is 0 Å². The van der Waals surface area contributed by atoms with Gasteiger partial charge >= 0.3 is 0 Å². The van der Waals surface area contributed by atoms with Gasteiger partial charge in [-0.3, -0.25) is 0 Å². The molecule has 0 atom stereocenters. The third kappa shape index (κ3) is 3.80. The predicted molar refractivity (Wildman–Crippen MR) is 82.3 cm³/mol. The standard InChI is InChI=1S/C17H28N2/c1-12-4-7-16(14(3)13(12)2)11-19-10-15-5-8-17(18)9-6-15/h4,7,15,17,19H,5-6,8-11,18H2,1-3H3. The summed E-state index contributed by atoms with van der Waals surface area (Å²) in [5.74, 6) is 0.826. The fourth-order valence-corrected chi connectivity index (χ4v) is 3.01. The van der Waals surface area contributed by atoms with Crippen molar-refractivity contribution in [2.75, 3.05) is 6.54 Å². The molecular formula is C17H28N2. The lowest BCUT2D eigenvalue weighted by molar-refractivity contribution is 0.314. The highest BCUT2D eigenvalue weighted by molar-refractivity contribution is 5.38. The van der Waals surface area contributed by atoms with E-state index in [2.05, 4.69) is 38.2 Å². The minimum atomic E-state index is 0.457. The second-order valence-electron chi connectivity index (χ2n) is 6.20. The van der Waals surface area contributed by atoms with Crippen molar-refractivity contribution in [1.29, 1.82) is 0 Å².